The van der Waals surface area contributed by atoms with Crippen molar-refractivity contribution in [2.45, 2.75) is 56.4 Å². The first-order chi connectivity index (χ1) is 18.2. The summed E-state index contributed by atoms with van der Waals surface area (Å²) in [5.74, 6) is 1.40. The molecule has 1 saturated heterocycles. The molecule has 1 heterocycles. The van der Waals surface area contributed by atoms with Gasteiger partial charge in [0.1, 0.15) is 0 Å². The summed E-state index contributed by atoms with van der Waals surface area (Å²) < 4.78 is 0. The smallest absolute Gasteiger partial charge is 0.251 e. The van der Waals surface area contributed by atoms with Gasteiger partial charge >= 0.3 is 0 Å². The molecule has 1 amide bonds. The van der Waals surface area contributed by atoms with Gasteiger partial charge in [0.05, 0.1) is 0 Å². The van der Waals surface area contributed by atoms with Crippen LogP contribution in [0.3, 0.4) is 0 Å². The third-order valence-corrected chi connectivity index (χ3v) is 8.75. The fourth-order valence-corrected chi connectivity index (χ4v) is 6.37. The summed E-state index contributed by atoms with van der Waals surface area (Å²) >= 11 is 0. The number of hydrogen-bond donors (Lipinski definition) is 1. The summed E-state index contributed by atoms with van der Waals surface area (Å²) in [5.41, 5.74) is 5.28. The van der Waals surface area contributed by atoms with E-state index in [2.05, 4.69) is 52.7 Å². The Labute approximate surface area is 220 Å². The minimum Gasteiger partial charge on any atom is -0.349 e. The second-order valence-corrected chi connectivity index (χ2v) is 11.1. The Morgan fingerprint density at radius 1 is 0.865 bits per heavy atom. The molecule has 3 atom stereocenters. The predicted molar refractivity (Wildman–Crippen MR) is 147 cm³/mol. The standard InChI is InChI=1S/C33H36N2O2/c36-32-26(17-20-35-18-15-24(16-19-35)23-7-3-1-4-8-23)11-12-27-21-28(13-14-29(27)32)33(37)34-31-22-30(31)25-9-5-2-6-10-25/h1-10,13-14,21,24,26,30-31H,11-12,15-20,22H2,(H,34,37). The lowest BCUT2D eigenvalue weighted by Crippen LogP contribution is -2.36. The lowest BCUT2D eigenvalue weighted by molar-refractivity contribution is 0.0875. The number of ketones is 1. The summed E-state index contributed by atoms with van der Waals surface area (Å²) in [7, 11) is 0. The average Bonchev–Trinajstić information content (AvgIpc) is 3.73. The number of aryl methyl sites for hydroxylation is 1. The van der Waals surface area contributed by atoms with Crippen molar-refractivity contribution in [2.75, 3.05) is 19.6 Å². The summed E-state index contributed by atoms with van der Waals surface area (Å²) in [6.45, 7) is 3.22. The molecular weight excluding hydrogens is 456 g/mol. The number of likely N-dealkylation sites (tertiary alicyclic amines) is 1. The fourth-order valence-electron chi connectivity index (χ4n) is 6.37. The zero-order valence-electron chi connectivity index (χ0n) is 21.4. The fraction of sp³-hybridized carbons (Fsp3) is 0.394. The molecule has 3 aliphatic rings. The summed E-state index contributed by atoms with van der Waals surface area (Å²) in [4.78, 5) is 28.7. The van der Waals surface area contributed by atoms with Crippen molar-refractivity contribution in [3.8, 4) is 0 Å². The number of amides is 1. The molecule has 1 aliphatic heterocycles. The molecule has 4 heteroatoms. The maximum atomic E-state index is 13.3. The van der Waals surface area contributed by atoms with Gasteiger partial charge in [-0.2, -0.15) is 0 Å². The van der Waals surface area contributed by atoms with E-state index in [-0.39, 0.29) is 23.7 Å². The quantitative estimate of drug-likeness (QED) is 0.441. The number of rotatable bonds is 7. The van der Waals surface area contributed by atoms with Crippen LogP contribution in [0.15, 0.2) is 78.9 Å². The van der Waals surface area contributed by atoms with Crippen molar-refractivity contribution in [1.29, 1.82) is 0 Å². The second-order valence-electron chi connectivity index (χ2n) is 11.1. The molecular formula is C33H36N2O2. The van der Waals surface area contributed by atoms with Crippen LogP contribution in [0.1, 0.15) is 81.3 Å². The first kappa shape index (κ1) is 24.1. The van der Waals surface area contributed by atoms with Crippen LogP contribution in [0.4, 0.5) is 0 Å². The number of Topliss-reactive ketones (excluding diaryl/α,β-unsaturated/α-hetero) is 1. The van der Waals surface area contributed by atoms with Crippen molar-refractivity contribution in [3.05, 3.63) is 107 Å². The Morgan fingerprint density at radius 2 is 1.57 bits per heavy atom. The number of benzene rings is 3. The van der Waals surface area contributed by atoms with E-state index in [0.717, 1.165) is 56.4 Å². The van der Waals surface area contributed by atoms with Gasteiger partial charge in [0.25, 0.3) is 5.91 Å². The largest absolute Gasteiger partial charge is 0.349 e. The van der Waals surface area contributed by atoms with Crippen molar-refractivity contribution in [2.24, 2.45) is 5.92 Å². The van der Waals surface area contributed by atoms with Gasteiger partial charge in [-0.3, -0.25) is 9.59 Å². The number of nitrogens with one attached hydrogen (secondary N) is 1. The van der Waals surface area contributed by atoms with E-state index in [9.17, 15) is 9.59 Å². The highest BCUT2D eigenvalue weighted by Crippen LogP contribution is 2.41. The molecule has 0 radical (unpaired) electrons. The zero-order valence-corrected chi connectivity index (χ0v) is 21.4. The van der Waals surface area contributed by atoms with E-state index in [1.54, 1.807) is 0 Å². The van der Waals surface area contributed by atoms with E-state index in [4.69, 9.17) is 0 Å². The third-order valence-electron chi connectivity index (χ3n) is 8.75. The van der Waals surface area contributed by atoms with E-state index in [1.165, 1.54) is 24.0 Å². The molecule has 0 spiro atoms. The summed E-state index contributed by atoms with van der Waals surface area (Å²) in [5, 5.41) is 3.19. The first-order valence-electron chi connectivity index (χ1n) is 14.0. The van der Waals surface area contributed by atoms with Gasteiger partial charge in [0.2, 0.25) is 0 Å². The van der Waals surface area contributed by atoms with Crippen LogP contribution in [0.25, 0.3) is 0 Å². The molecule has 4 nitrogen and oxygen atoms in total. The lowest BCUT2D eigenvalue weighted by Gasteiger charge is -2.33. The number of hydrogen-bond acceptors (Lipinski definition) is 3. The molecule has 190 valence electrons. The van der Waals surface area contributed by atoms with Crippen LogP contribution < -0.4 is 5.32 Å². The summed E-state index contributed by atoms with van der Waals surface area (Å²) in [6.07, 6.45) is 6.07. The van der Waals surface area contributed by atoms with Gasteiger partial charge in [-0.1, -0.05) is 66.7 Å². The molecule has 3 aromatic carbocycles. The van der Waals surface area contributed by atoms with Gasteiger partial charge < -0.3 is 10.2 Å². The Morgan fingerprint density at radius 3 is 2.30 bits per heavy atom. The molecule has 37 heavy (non-hydrogen) atoms. The molecule has 0 bridgehead atoms. The number of carbonyl (C=O) groups is 2. The highest BCUT2D eigenvalue weighted by Gasteiger charge is 2.39. The highest BCUT2D eigenvalue weighted by atomic mass is 16.1. The predicted octanol–water partition coefficient (Wildman–Crippen LogP) is 5.99. The molecule has 3 aromatic rings. The zero-order chi connectivity index (χ0) is 25.2. The highest BCUT2D eigenvalue weighted by molar-refractivity contribution is 6.02. The number of piperidine rings is 1. The van der Waals surface area contributed by atoms with Gasteiger partial charge in [0.15, 0.2) is 5.78 Å². The molecule has 0 aromatic heterocycles. The van der Waals surface area contributed by atoms with Crippen molar-refractivity contribution >= 4 is 11.7 Å². The van der Waals surface area contributed by atoms with E-state index < -0.39 is 0 Å². The topological polar surface area (TPSA) is 49.4 Å². The van der Waals surface area contributed by atoms with Crippen LogP contribution in [0, 0.1) is 5.92 Å². The van der Waals surface area contributed by atoms with E-state index >= 15 is 0 Å². The Kier molecular flexibility index (Phi) is 6.93. The molecule has 2 aliphatic carbocycles. The maximum Gasteiger partial charge on any atom is 0.251 e. The van der Waals surface area contributed by atoms with Crippen LogP contribution in [0.5, 0.6) is 0 Å². The third kappa shape index (κ3) is 5.40. The van der Waals surface area contributed by atoms with Gasteiger partial charge in [-0.15, -0.1) is 0 Å². The van der Waals surface area contributed by atoms with Gasteiger partial charge in [-0.25, -0.2) is 0 Å². The average molecular weight is 493 g/mol. The molecule has 6 rings (SSSR count). The Balaban J connectivity index is 1.00. The Hall–Kier alpha value is -3.24. The molecule has 2 fully saturated rings. The van der Waals surface area contributed by atoms with Crippen molar-refractivity contribution < 1.29 is 9.59 Å². The van der Waals surface area contributed by atoms with Crippen LogP contribution in [0.2, 0.25) is 0 Å². The lowest BCUT2D eigenvalue weighted by atomic mass is 9.80. The molecule has 3 unspecified atom stereocenters. The minimum atomic E-state index is -0.0280. The van der Waals surface area contributed by atoms with E-state index in [1.807, 2.05) is 36.4 Å². The van der Waals surface area contributed by atoms with Crippen molar-refractivity contribution in [3.63, 3.8) is 0 Å². The van der Waals surface area contributed by atoms with Crippen LogP contribution in [-0.2, 0) is 6.42 Å². The number of carbonyl (C=O) groups excluding carboxylic acids is 2. The van der Waals surface area contributed by atoms with Crippen molar-refractivity contribution in [1.82, 2.24) is 10.2 Å². The van der Waals surface area contributed by atoms with Crippen LogP contribution in [-0.4, -0.2) is 42.3 Å². The maximum absolute atomic E-state index is 13.3. The molecule has 1 saturated carbocycles. The van der Waals surface area contributed by atoms with Crippen LogP contribution >= 0.6 is 0 Å². The number of fused-ring (bicyclic) bond motifs is 1. The van der Waals surface area contributed by atoms with Gasteiger partial charge in [-0.05, 0) is 92.9 Å². The number of nitrogens with zero attached hydrogens (tertiary/aromatic N) is 1. The first-order valence-corrected chi connectivity index (χ1v) is 14.0. The van der Waals surface area contributed by atoms with Gasteiger partial charge in [0, 0.05) is 29.0 Å². The monoisotopic (exact) mass is 492 g/mol. The SMILES string of the molecule is O=C(NC1CC1c1ccccc1)c1ccc2c(c1)CCC(CCN1CCC(c3ccccc3)CC1)C2=O. The Bertz CT molecular complexity index is 1250. The second kappa shape index (κ2) is 10.6. The molecule has 1 N–H and O–H groups in total. The minimum absolute atomic E-state index is 0.0280. The summed E-state index contributed by atoms with van der Waals surface area (Å²) in [6, 6.07) is 27.1. The normalized spacial score (nSPS) is 23.9. The van der Waals surface area contributed by atoms with E-state index in [0.29, 0.717) is 17.4 Å².